The smallest absolute Gasteiger partial charge is 0.345 e. The van der Waals surface area contributed by atoms with Crippen LogP contribution in [0.5, 0.6) is 5.75 Å². The summed E-state index contributed by atoms with van der Waals surface area (Å²) in [6.45, 7) is 0.816. The molecule has 7 nitrogen and oxygen atoms in total. The van der Waals surface area contributed by atoms with Gasteiger partial charge in [-0.3, -0.25) is 4.79 Å². The highest BCUT2D eigenvalue weighted by atomic mass is 16.4. The lowest BCUT2D eigenvalue weighted by Gasteiger charge is -2.20. The number of benzene rings is 1. The van der Waals surface area contributed by atoms with Crippen molar-refractivity contribution in [1.82, 2.24) is 14.5 Å². The Balaban J connectivity index is 2.01. The van der Waals surface area contributed by atoms with Crippen LogP contribution in [0.15, 0.2) is 23.0 Å². The number of aromatic hydroxyl groups is 1. The molecule has 0 spiro atoms. The molecule has 152 valence electrons. The number of aryl methyl sites for hydroxylation is 2. The second-order valence-electron chi connectivity index (χ2n) is 8.00. The summed E-state index contributed by atoms with van der Waals surface area (Å²) >= 11 is 0. The minimum absolute atomic E-state index is 0.412. The van der Waals surface area contributed by atoms with Gasteiger partial charge in [0.15, 0.2) is 5.56 Å². The van der Waals surface area contributed by atoms with Crippen LogP contribution in [-0.2, 0) is 26.4 Å². The van der Waals surface area contributed by atoms with Crippen LogP contribution in [0.3, 0.4) is 0 Å². The van der Waals surface area contributed by atoms with E-state index in [2.05, 4.69) is 27.6 Å². The number of H-pyrrole nitrogens is 1. The molecule has 0 aliphatic heterocycles. The van der Waals surface area contributed by atoms with Crippen molar-refractivity contribution >= 4 is 16.9 Å². The SMILES string of the molecule is CN(C)Cc1cc2c3c(ccc2n1C)-c1[nH]c(=O)c(C(=O)O)c(O)c1CCCC3. The lowest BCUT2D eigenvalue weighted by molar-refractivity contribution is 0.0691. The third-order valence-electron chi connectivity index (χ3n) is 5.79. The highest BCUT2D eigenvalue weighted by Crippen LogP contribution is 2.38. The summed E-state index contributed by atoms with van der Waals surface area (Å²) in [6, 6.07) is 6.19. The zero-order valence-electron chi connectivity index (χ0n) is 16.9. The van der Waals surface area contributed by atoms with E-state index >= 15 is 0 Å². The number of nitrogens with zero attached hydrogens (tertiary/aromatic N) is 2. The number of carboxylic acid groups (broad SMARTS) is 1. The van der Waals surface area contributed by atoms with Crippen molar-refractivity contribution in [1.29, 1.82) is 0 Å². The number of aromatic carboxylic acids is 1. The number of fused-ring (bicyclic) bond motifs is 5. The summed E-state index contributed by atoms with van der Waals surface area (Å²) in [5.74, 6) is -1.83. The van der Waals surface area contributed by atoms with Gasteiger partial charge in [0.25, 0.3) is 5.56 Å². The summed E-state index contributed by atoms with van der Waals surface area (Å²) in [6.07, 6.45) is 3.11. The summed E-state index contributed by atoms with van der Waals surface area (Å²) in [4.78, 5) is 28.7. The maximum atomic E-state index is 12.4. The van der Waals surface area contributed by atoms with Crippen molar-refractivity contribution in [2.45, 2.75) is 32.2 Å². The Morgan fingerprint density at radius 1 is 1.21 bits per heavy atom. The van der Waals surface area contributed by atoms with E-state index in [9.17, 15) is 19.8 Å². The van der Waals surface area contributed by atoms with Gasteiger partial charge >= 0.3 is 5.97 Å². The molecule has 1 aliphatic rings. The average Bonchev–Trinajstić information content (AvgIpc) is 2.93. The molecule has 0 fully saturated rings. The number of aromatic amines is 1. The standard InChI is InChI=1S/C22H25N3O4/c1-24(2)11-12-10-16-13-6-4-5-7-15-19(14(13)8-9-17(16)25(12)3)23-21(27)18(20(15)26)22(28)29/h8-10H,4-7,11H2,1-3H3,(H,28,29)(H2,23,26,27). The molecule has 4 rings (SSSR count). The second kappa shape index (κ2) is 7.08. The molecule has 29 heavy (non-hydrogen) atoms. The normalized spacial score (nSPS) is 13.8. The Morgan fingerprint density at radius 3 is 2.55 bits per heavy atom. The third kappa shape index (κ3) is 3.11. The fraction of sp³-hybridized carbons (Fsp3) is 0.364. The predicted molar refractivity (Wildman–Crippen MR) is 112 cm³/mol. The molecule has 1 aromatic carbocycles. The number of rotatable bonds is 3. The molecular formula is C22H25N3O4. The van der Waals surface area contributed by atoms with Gasteiger partial charge in [-0.15, -0.1) is 0 Å². The van der Waals surface area contributed by atoms with E-state index in [1.165, 1.54) is 5.69 Å². The topological polar surface area (TPSA) is 98.6 Å². The molecule has 0 radical (unpaired) electrons. The van der Waals surface area contributed by atoms with Crippen LogP contribution in [0.2, 0.25) is 0 Å². The van der Waals surface area contributed by atoms with Crippen LogP contribution in [0, 0.1) is 0 Å². The molecule has 3 aromatic rings. The maximum Gasteiger partial charge on any atom is 0.345 e. The summed E-state index contributed by atoms with van der Waals surface area (Å²) < 4.78 is 2.18. The Kier molecular flexibility index (Phi) is 4.70. The van der Waals surface area contributed by atoms with Gasteiger partial charge in [0.2, 0.25) is 0 Å². The fourth-order valence-electron chi connectivity index (χ4n) is 4.41. The van der Waals surface area contributed by atoms with Crippen molar-refractivity contribution in [2.24, 2.45) is 7.05 Å². The van der Waals surface area contributed by atoms with Crippen LogP contribution in [-0.4, -0.2) is 44.7 Å². The molecule has 0 bridgehead atoms. The average molecular weight is 395 g/mol. The van der Waals surface area contributed by atoms with Gasteiger partial charge in [-0.25, -0.2) is 4.79 Å². The lowest BCUT2D eigenvalue weighted by Crippen LogP contribution is -2.21. The fourth-order valence-corrected chi connectivity index (χ4v) is 4.41. The maximum absolute atomic E-state index is 12.4. The summed E-state index contributed by atoms with van der Waals surface area (Å²) in [7, 11) is 6.12. The van der Waals surface area contributed by atoms with Gasteiger partial charge in [0.1, 0.15) is 5.75 Å². The van der Waals surface area contributed by atoms with Crippen LogP contribution in [0.4, 0.5) is 0 Å². The summed E-state index contributed by atoms with van der Waals surface area (Å²) in [5.41, 5.74) is 3.98. The molecule has 0 unspecified atom stereocenters. The minimum Gasteiger partial charge on any atom is -0.506 e. The molecule has 0 amide bonds. The van der Waals surface area contributed by atoms with Crippen molar-refractivity contribution in [2.75, 3.05) is 14.1 Å². The number of carbonyl (C=O) groups is 1. The van der Waals surface area contributed by atoms with Crippen LogP contribution in [0.1, 0.15) is 40.0 Å². The quantitative estimate of drug-likeness (QED) is 0.633. The van der Waals surface area contributed by atoms with E-state index in [1.54, 1.807) is 0 Å². The molecule has 0 saturated heterocycles. The molecule has 3 N–H and O–H groups in total. The van der Waals surface area contributed by atoms with Crippen molar-refractivity contribution in [3.63, 3.8) is 0 Å². The summed E-state index contributed by atoms with van der Waals surface area (Å²) in [5, 5.41) is 21.0. The van der Waals surface area contributed by atoms with Gasteiger partial charge in [-0.1, -0.05) is 6.07 Å². The highest BCUT2D eigenvalue weighted by molar-refractivity contribution is 5.94. The first-order valence-corrected chi connectivity index (χ1v) is 9.76. The van der Waals surface area contributed by atoms with Gasteiger partial charge in [-0.2, -0.15) is 0 Å². The number of hydrogen-bond donors (Lipinski definition) is 3. The number of hydrogen-bond acceptors (Lipinski definition) is 4. The van der Waals surface area contributed by atoms with E-state index in [-0.39, 0.29) is 0 Å². The Labute approximate surface area is 168 Å². The van der Waals surface area contributed by atoms with Gasteiger partial charge in [0.05, 0.1) is 5.69 Å². The van der Waals surface area contributed by atoms with Crippen LogP contribution < -0.4 is 5.56 Å². The number of nitrogens with one attached hydrogen (secondary N) is 1. The molecular weight excluding hydrogens is 370 g/mol. The minimum atomic E-state index is -1.42. The second-order valence-corrected chi connectivity index (χ2v) is 8.00. The molecule has 0 atom stereocenters. The van der Waals surface area contributed by atoms with Gasteiger partial charge < -0.3 is 24.7 Å². The van der Waals surface area contributed by atoms with Gasteiger partial charge in [0, 0.05) is 41.3 Å². The van der Waals surface area contributed by atoms with Crippen LogP contribution in [0.25, 0.3) is 22.2 Å². The Hall–Kier alpha value is -3.06. The largest absolute Gasteiger partial charge is 0.506 e. The Morgan fingerprint density at radius 2 is 1.90 bits per heavy atom. The zero-order chi connectivity index (χ0) is 20.9. The van der Waals surface area contributed by atoms with Crippen LogP contribution >= 0.6 is 0 Å². The molecule has 7 heteroatoms. The Bertz CT molecular complexity index is 1190. The van der Waals surface area contributed by atoms with Crippen molar-refractivity contribution in [3.8, 4) is 17.0 Å². The van der Waals surface area contributed by atoms with Crippen molar-refractivity contribution < 1.29 is 15.0 Å². The highest BCUT2D eigenvalue weighted by Gasteiger charge is 2.25. The molecule has 1 aliphatic carbocycles. The number of aromatic nitrogens is 2. The number of pyridine rings is 1. The zero-order valence-corrected chi connectivity index (χ0v) is 16.9. The van der Waals surface area contributed by atoms with E-state index < -0.39 is 22.8 Å². The molecule has 2 heterocycles. The first-order valence-electron chi connectivity index (χ1n) is 9.76. The molecule has 2 aromatic heterocycles. The van der Waals surface area contributed by atoms with Crippen molar-refractivity contribution in [3.05, 3.63) is 50.9 Å². The monoisotopic (exact) mass is 395 g/mol. The van der Waals surface area contributed by atoms with E-state index in [0.29, 0.717) is 17.7 Å². The molecule has 0 saturated carbocycles. The van der Waals surface area contributed by atoms with E-state index in [1.807, 2.05) is 26.2 Å². The first-order chi connectivity index (χ1) is 13.8. The first kappa shape index (κ1) is 19.3. The van der Waals surface area contributed by atoms with E-state index in [0.717, 1.165) is 47.8 Å². The predicted octanol–water partition coefficient (Wildman–Crippen LogP) is 2.88. The van der Waals surface area contributed by atoms with E-state index in [4.69, 9.17) is 0 Å². The third-order valence-corrected chi connectivity index (χ3v) is 5.79. The number of carboxylic acids is 1. The van der Waals surface area contributed by atoms with Gasteiger partial charge in [-0.05, 0) is 57.5 Å². The lowest BCUT2D eigenvalue weighted by atomic mass is 9.88.